The number of ether oxygens (including phenoxy) is 1. The zero-order valence-electron chi connectivity index (χ0n) is 18.0. The van der Waals surface area contributed by atoms with Gasteiger partial charge in [0.1, 0.15) is 5.75 Å². The summed E-state index contributed by atoms with van der Waals surface area (Å²) in [4.78, 5) is -1.09. The number of hydrogen-bond donors (Lipinski definition) is 2. The van der Waals surface area contributed by atoms with Crippen LogP contribution in [0.2, 0.25) is 0 Å². The summed E-state index contributed by atoms with van der Waals surface area (Å²) in [6.45, 7) is 0. The Labute approximate surface area is 201 Å². The molecule has 0 saturated heterocycles. The van der Waals surface area contributed by atoms with Crippen molar-refractivity contribution < 1.29 is 47.9 Å². The summed E-state index contributed by atoms with van der Waals surface area (Å²) in [6, 6.07) is 8.66. The van der Waals surface area contributed by atoms with Gasteiger partial charge in [0, 0.05) is 6.07 Å². The van der Waals surface area contributed by atoms with Gasteiger partial charge >= 0.3 is 12.4 Å². The van der Waals surface area contributed by atoms with Crippen LogP contribution in [-0.4, -0.2) is 23.9 Å². The summed E-state index contributed by atoms with van der Waals surface area (Å²) in [5.74, 6) is 0.0950. The molecule has 0 unspecified atom stereocenters. The zero-order valence-corrected chi connectivity index (χ0v) is 19.6. The normalized spacial score (nSPS) is 12.8. The van der Waals surface area contributed by atoms with Gasteiger partial charge < -0.3 is 4.74 Å². The van der Waals surface area contributed by atoms with E-state index >= 15 is 0 Å². The predicted molar refractivity (Wildman–Crippen MR) is 117 cm³/mol. The molecule has 0 spiro atoms. The summed E-state index contributed by atoms with van der Waals surface area (Å²) in [6.07, 6.45) is -9.37. The predicted octanol–water partition coefficient (Wildman–Crippen LogP) is 5.33. The lowest BCUT2D eigenvalue weighted by Gasteiger charge is -2.16. The van der Waals surface area contributed by atoms with E-state index in [9.17, 15) is 43.2 Å². The Morgan fingerprint density at radius 1 is 0.611 bits per heavy atom. The number of sulfonamides is 2. The van der Waals surface area contributed by atoms with Crippen LogP contribution in [0.4, 0.5) is 37.7 Å². The third-order valence-corrected chi connectivity index (χ3v) is 7.46. The van der Waals surface area contributed by atoms with Crippen LogP contribution in [0.15, 0.2) is 76.5 Å². The standard InChI is InChI=1S/C21H16F6N2O5S2/c1-34-15-6-11-18(28-35(30,31)16-7-2-13(3-8-16)20(22,23)24)19(12-15)29-36(32,33)17-9-4-14(5-10-17)21(25,26)27/h2-12,28-29H,1H3. The van der Waals surface area contributed by atoms with Crippen LogP contribution in [0.5, 0.6) is 5.75 Å². The quantitative estimate of drug-likeness (QED) is 0.385. The molecular formula is C21H16F6N2O5S2. The molecule has 194 valence electrons. The lowest BCUT2D eigenvalue weighted by atomic mass is 10.2. The first kappa shape index (κ1) is 27.1. The van der Waals surface area contributed by atoms with Gasteiger partial charge in [-0.3, -0.25) is 9.44 Å². The second-order valence-corrected chi connectivity index (χ2v) is 10.5. The number of benzene rings is 3. The van der Waals surface area contributed by atoms with Crippen LogP contribution in [0.25, 0.3) is 0 Å². The van der Waals surface area contributed by atoms with E-state index in [-0.39, 0.29) is 17.1 Å². The molecule has 15 heteroatoms. The van der Waals surface area contributed by atoms with Crippen molar-refractivity contribution in [1.82, 2.24) is 0 Å². The van der Waals surface area contributed by atoms with Crippen LogP contribution in [0.3, 0.4) is 0 Å². The molecule has 2 N–H and O–H groups in total. The molecule has 3 rings (SSSR count). The third-order valence-electron chi connectivity index (χ3n) is 4.70. The summed E-state index contributed by atoms with van der Waals surface area (Å²) in [5, 5.41) is 0. The Morgan fingerprint density at radius 3 is 1.36 bits per heavy atom. The average molecular weight is 554 g/mol. The van der Waals surface area contributed by atoms with E-state index in [0.717, 1.165) is 36.4 Å². The Bertz CT molecular complexity index is 1450. The lowest BCUT2D eigenvalue weighted by molar-refractivity contribution is -0.138. The van der Waals surface area contributed by atoms with Crippen molar-refractivity contribution in [3.05, 3.63) is 77.9 Å². The highest BCUT2D eigenvalue weighted by molar-refractivity contribution is 7.93. The second kappa shape index (κ2) is 9.54. The molecule has 0 aliphatic rings. The number of anilines is 2. The van der Waals surface area contributed by atoms with Crippen molar-refractivity contribution >= 4 is 31.4 Å². The van der Waals surface area contributed by atoms with Crippen LogP contribution < -0.4 is 14.2 Å². The lowest BCUT2D eigenvalue weighted by Crippen LogP contribution is -2.18. The first-order valence-corrected chi connectivity index (χ1v) is 12.6. The van der Waals surface area contributed by atoms with E-state index in [2.05, 4.69) is 9.44 Å². The molecule has 0 atom stereocenters. The molecular weight excluding hydrogens is 538 g/mol. The van der Waals surface area contributed by atoms with Crippen LogP contribution in [-0.2, 0) is 32.4 Å². The molecule has 0 heterocycles. The van der Waals surface area contributed by atoms with Gasteiger partial charge in [0.2, 0.25) is 0 Å². The van der Waals surface area contributed by atoms with E-state index in [1.165, 1.54) is 13.2 Å². The molecule has 7 nitrogen and oxygen atoms in total. The van der Waals surface area contributed by atoms with E-state index in [1.807, 2.05) is 0 Å². The smallest absolute Gasteiger partial charge is 0.416 e. The number of nitrogens with one attached hydrogen (secondary N) is 2. The fourth-order valence-corrected chi connectivity index (χ4v) is 5.03. The van der Waals surface area contributed by atoms with E-state index in [0.29, 0.717) is 24.3 Å². The Hall–Kier alpha value is -3.46. The van der Waals surface area contributed by atoms with Crippen molar-refractivity contribution in [2.75, 3.05) is 16.6 Å². The van der Waals surface area contributed by atoms with Gasteiger partial charge in [0.25, 0.3) is 20.0 Å². The molecule has 0 bridgehead atoms. The fraction of sp³-hybridized carbons (Fsp3) is 0.143. The minimum Gasteiger partial charge on any atom is -0.497 e. The number of alkyl halides is 6. The Kier molecular flexibility index (Phi) is 7.19. The fourth-order valence-electron chi connectivity index (χ4n) is 2.88. The van der Waals surface area contributed by atoms with Crippen molar-refractivity contribution in [3.8, 4) is 5.75 Å². The Balaban J connectivity index is 1.94. The third kappa shape index (κ3) is 6.20. The molecule has 0 aliphatic carbocycles. The Morgan fingerprint density at radius 2 is 1.00 bits per heavy atom. The molecule has 36 heavy (non-hydrogen) atoms. The maximum Gasteiger partial charge on any atom is 0.416 e. The average Bonchev–Trinajstić information content (AvgIpc) is 2.79. The van der Waals surface area contributed by atoms with Gasteiger partial charge in [-0.25, -0.2) is 16.8 Å². The number of halogens is 6. The highest BCUT2D eigenvalue weighted by Gasteiger charge is 2.32. The number of rotatable bonds is 7. The summed E-state index contributed by atoms with van der Waals surface area (Å²) >= 11 is 0. The van der Waals surface area contributed by atoms with Gasteiger partial charge in [0.15, 0.2) is 0 Å². The first-order chi connectivity index (χ1) is 16.5. The van der Waals surface area contributed by atoms with Gasteiger partial charge in [-0.15, -0.1) is 0 Å². The molecule has 3 aromatic rings. The monoisotopic (exact) mass is 554 g/mol. The zero-order chi connectivity index (χ0) is 26.9. The largest absolute Gasteiger partial charge is 0.497 e. The van der Waals surface area contributed by atoms with Gasteiger partial charge in [-0.2, -0.15) is 26.3 Å². The SMILES string of the molecule is COc1ccc(NS(=O)(=O)c2ccc(C(F)(F)F)cc2)c(NS(=O)(=O)c2ccc(C(F)(F)F)cc2)c1. The summed E-state index contributed by atoms with van der Waals surface area (Å²) in [5.41, 5.74) is -2.83. The topological polar surface area (TPSA) is 102 Å². The summed E-state index contributed by atoms with van der Waals surface area (Å²) < 4.78 is 137. The highest BCUT2D eigenvalue weighted by Crippen LogP contribution is 2.34. The summed E-state index contributed by atoms with van der Waals surface area (Å²) in [7, 11) is -7.73. The molecule has 0 aliphatic heterocycles. The minimum absolute atomic E-state index is 0.0950. The van der Waals surface area contributed by atoms with Crippen molar-refractivity contribution in [1.29, 1.82) is 0 Å². The molecule has 0 saturated carbocycles. The van der Waals surface area contributed by atoms with E-state index < -0.39 is 53.3 Å². The van der Waals surface area contributed by atoms with Gasteiger partial charge in [-0.1, -0.05) is 0 Å². The second-order valence-electron chi connectivity index (χ2n) is 7.17. The van der Waals surface area contributed by atoms with Crippen LogP contribution in [0, 0.1) is 0 Å². The molecule has 0 radical (unpaired) electrons. The van der Waals surface area contributed by atoms with E-state index in [1.54, 1.807) is 0 Å². The van der Waals surface area contributed by atoms with E-state index in [4.69, 9.17) is 4.74 Å². The molecule has 3 aromatic carbocycles. The van der Waals surface area contributed by atoms with Crippen LogP contribution in [0.1, 0.15) is 11.1 Å². The van der Waals surface area contributed by atoms with Crippen LogP contribution >= 0.6 is 0 Å². The number of hydrogen-bond acceptors (Lipinski definition) is 5. The molecule has 0 fully saturated rings. The number of methoxy groups -OCH3 is 1. The van der Waals surface area contributed by atoms with Gasteiger partial charge in [0.05, 0.1) is 39.4 Å². The highest BCUT2D eigenvalue weighted by atomic mass is 32.2. The van der Waals surface area contributed by atoms with Crippen molar-refractivity contribution in [3.63, 3.8) is 0 Å². The first-order valence-electron chi connectivity index (χ1n) is 9.61. The van der Waals surface area contributed by atoms with Crippen molar-refractivity contribution in [2.24, 2.45) is 0 Å². The molecule has 0 amide bonds. The minimum atomic E-state index is -4.69. The molecule has 0 aromatic heterocycles. The van der Waals surface area contributed by atoms with Crippen molar-refractivity contribution in [2.45, 2.75) is 22.1 Å². The van der Waals surface area contributed by atoms with Gasteiger partial charge in [-0.05, 0) is 60.7 Å². The maximum absolute atomic E-state index is 12.8. The maximum atomic E-state index is 12.8.